The Bertz CT molecular complexity index is 389. The quantitative estimate of drug-likeness (QED) is 0.408. The van der Waals surface area contributed by atoms with Crippen LogP contribution in [0.5, 0.6) is 0 Å². The summed E-state index contributed by atoms with van der Waals surface area (Å²) in [5, 5.41) is 12.8. The highest BCUT2D eigenvalue weighted by Crippen LogP contribution is 2.18. The van der Waals surface area contributed by atoms with Crippen LogP contribution in [0.2, 0.25) is 0 Å². The van der Waals surface area contributed by atoms with Crippen molar-refractivity contribution in [1.82, 2.24) is 5.32 Å². The zero-order chi connectivity index (χ0) is 10.7. The first kappa shape index (κ1) is 9.97. The lowest BCUT2D eigenvalue weighted by Gasteiger charge is -2.01. The normalized spacial score (nSPS) is 9.50. The van der Waals surface area contributed by atoms with Crippen molar-refractivity contribution in [2.24, 2.45) is 0 Å². The molecule has 1 rings (SSSR count). The average molecular weight is 195 g/mol. The molecular formula is C8H9N3O3. The van der Waals surface area contributed by atoms with E-state index in [-0.39, 0.29) is 16.9 Å². The summed E-state index contributed by atoms with van der Waals surface area (Å²) < 4.78 is 0. The molecule has 0 atom stereocenters. The van der Waals surface area contributed by atoms with Crippen LogP contribution in [0.3, 0.4) is 0 Å². The van der Waals surface area contributed by atoms with Gasteiger partial charge in [0.25, 0.3) is 11.6 Å². The molecule has 14 heavy (non-hydrogen) atoms. The molecule has 0 aliphatic rings. The molecule has 3 N–H and O–H groups in total. The largest absolute Gasteiger partial charge is 0.399 e. The van der Waals surface area contributed by atoms with Crippen LogP contribution in [0.4, 0.5) is 11.4 Å². The number of non-ortho nitro benzene ring substituents is 1. The van der Waals surface area contributed by atoms with Crippen LogP contribution in [0, 0.1) is 10.1 Å². The van der Waals surface area contributed by atoms with E-state index in [9.17, 15) is 14.9 Å². The van der Waals surface area contributed by atoms with Gasteiger partial charge in [-0.05, 0) is 6.07 Å². The summed E-state index contributed by atoms with van der Waals surface area (Å²) in [5.74, 6) is -0.402. The lowest BCUT2D eigenvalue weighted by molar-refractivity contribution is -0.384. The fraction of sp³-hybridized carbons (Fsp3) is 0.125. The summed E-state index contributed by atoms with van der Waals surface area (Å²) in [6.45, 7) is 0. The van der Waals surface area contributed by atoms with Gasteiger partial charge in [-0.1, -0.05) is 0 Å². The van der Waals surface area contributed by atoms with Gasteiger partial charge in [0.15, 0.2) is 0 Å². The third-order valence-corrected chi connectivity index (χ3v) is 1.64. The number of nitrogens with one attached hydrogen (secondary N) is 1. The minimum atomic E-state index is -0.594. The van der Waals surface area contributed by atoms with Crippen LogP contribution in [-0.2, 0) is 0 Å². The van der Waals surface area contributed by atoms with E-state index in [4.69, 9.17) is 5.73 Å². The maximum absolute atomic E-state index is 11.2. The molecule has 0 unspecified atom stereocenters. The number of anilines is 1. The summed E-state index contributed by atoms with van der Waals surface area (Å²) in [7, 11) is 1.44. The number of hydrogen-bond acceptors (Lipinski definition) is 4. The van der Waals surface area contributed by atoms with Crippen molar-refractivity contribution in [2.45, 2.75) is 0 Å². The number of benzene rings is 1. The maximum Gasteiger partial charge on any atom is 0.272 e. The predicted octanol–water partition coefficient (Wildman–Crippen LogP) is 0.537. The Labute approximate surface area is 79.9 Å². The number of nitrogens with zero attached hydrogens (tertiary/aromatic N) is 1. The third-order valence-electron chi connectivity index (χ3n) is 1.64. The van der Waals surface area contributed by atoms with Crippen molar-refractivity contribution in [3.63, 3.8) is 0 Å². The summed E-state index contributed by atoms with van der Waals surface area (Å²) in [6.07, 6.45) is 0. The van der Waals surface area contributed by atoms with Gasteiger partial charge in [0.05, 0.1) is 4.92 Å². The second kappa shape index (κ2) is 3.73. The molecule has 0 aliphatic heterocycles. The Morgan fingerprint density at radius 3 is 2.64 bits per heavy atom. The first-order valence-corrected chi connectivity index (χ1v) is 3.81. The molecule has 0 aliphatic carbocycles. The molecule has 0 fully saturated rings. The van der Waals surface area contributed by atoms with E-state index in [1.165, 1.54) is 25.2 Å². The first-order chi connectivity index (χ1) is 6.54. The van der Waals surface area contributed by atoms with Crippen molar-refractivity contribution >= 4 is 17.3 Å². The van der Waals surface area contributed by atoms with E-state index in [0.29, 0.717) is 0 Å². The van der Waals surface area contributed by atoms with Gasteiger partial charge in [-0.2, -0.15) is 0 Å². The Morgan fingerprint density at radius 1 is 1.50 bits per heavy atom. The molecule has 0 aromatic heterocycles. The van der Waals surface area contributed by atoms with Crippen molar-refractivity contribution in [3.05, 3.63) is 33.9 Å². The lowest BCUT2D eigenvalue weighted by Crippen LogP contribution is -2.18. The second-order valence-electron chi connectivity index (χ2n) is 2.65. The standard InChI is InChI=1S/C8H9N3O3/c1-10-8(12)5-2-6(9)4-7(3-5)11(13)14/h2-4H,9H2,1H3,(H,10,12). The van der Waals surface area contributed by atoms with Gasteiger partial charge in [-0.3, -0.25) is 14.9 Å². The third kappa shape index (κ3) is 1.98. The molecule has 0 saturated carbocycles. The van der Waals surface area contributed by atoms with Crippen LogP contribution in [0.25, 0.3) is 0 Å². The van der Waals surface area contributed by atoms with Gasteiger partial charge in [0.2, 0.25) is 0 Å². The highest BCUT2D eigenvalue weighted by molar-refractivity contribution is 5.95. The van der Waals surface area contributed by atoms with E-state index in [1.807, 2.05) is 0 Å². The number of amides is 1. The number of carbonyl (C=O) groups excluding carboxylic acids is 1. The summed E-state index contributed by atoms with van der Waals surface area (Å²) in [4.78, 5) is 21.0. The maximum atomic E-state index is 11.2. The number of hydrogen-bond donors (Lipinski definition) is 2. The van der Waals surface area contributed by atoms with Crippen LogP contribution in [-0.4, -0.2) is 17.9 Å². The molecule has 6 nitrogen and oxygen atoms in total. The molecular weight excluding hydrogens is 186 g/mol. The van der Waals surface area contributed by atoms with E-state index in [0.717, 1.165) is 0 Å². The molecule has 74 valence electrons. The molecule has 0 bridgehead atoms. The molecule has 6 heteroatoms. The van der Waals surface area contributed by atoms with Crippen LogP contribution >= 0.6 is 0 Å². The number of rotatable bonds is 2. The molecule has 0 saturated heterocycles. The van der Waals surface area contributed by atoms with E-state index in [2.05, 4.69) is 5.32 Å². The van der Waals surface area contributed by atoms with Crippen LogP contribution in [0.15, 0.2) is 18.2 Å². The smallest absolute Gasteiger partial charge is 0.272 e. The Balaban J connectivity index is 3.20. The van der Waals surface area contributed by atoms with Crippen LogP contribution < -0.4 is 11.1 Å². The highest BCUT2D eigenvalue weighted by atomic mass is 16.6. The fourth-order valence-electron chi connectivity index (χ4n) is 1.02. The summed E-state index contributed by atoms with van der Waals surface area (Å²) >= 11 is 0. The van der Waals surface area contributed by atoms with Gasteiger partial charge in [-0.15, -0.1) is 0 Å². The average Bonchev–Trinajstić information content (AvgIpc) is 2.15. The van der Waals surface area contributed by atoms with E-state index < -0.39 is 10.8 Å². The van der Waals surface area contributed by atoms with Gasteiger partial charge in [0, 0.05) is 30.4 Å². The minimum absolute atomic E-state index is 0.180. The molecule has 1 aromatic carbocycles. The zero-order valence-corrected chi connectivity index (χ0v) is 7.48. The van der Waals surface area contributed by atoms with Crippen molar-refractivity contribution in [2.75, 3.05) is 12.8 Å². The van der Waals surface area contributed by atoms with Gasteiger partial charge in [0.1, 0.15) is 0 Å². The van der Waals surface area contributed by atoms with Crippen molar-refractivity contribution in [3.8, 4) is 0 Å². The summed E-state index contributed by atoms with van der Waals surface area (Å²) in [6, 6.07) is 3.76. The molecule has 1 aromatic rings. The van der Waals surface area contributed by atoms with Gasteiger partial charge < -0.3 is 11.1 Å². The second-order valence-corrected chi connectivity index (χ2v) is 2.65. The Hall–Kier alpha value is -2.11. The zero-order valence-electron chi connectivity index (χ0n) is 7.48. The Morgan fingerprint density at radius 2 is 2.14 bits per heavy atom. The highest BCUT2D eigenvalue weighted by Gasteiger charge is 2.12. The van der Waals surface area contributed by atoms with Gasteiger partial charge >= 0.3 is 0 Å². The van der Waals surface area contributed by atoms with Crippen LogP contribution in [0.1, 0.15) is 10.4 Å². The van der Waals surface area contributed by atoms with E-state index in [1.54, 1.807) is 0 Å². The number of nitrogens with two attached hydrogens (primary N) is 1. The SMILES string of the molecule is CNC(=O)c1cc(N)cc([N+](=O)[O-])c1. The Kier molecular flexibility index (Phi) is 2.66. The summed E-state index contributed by atoms with van der Waals surface area (Å²) in [5.41, 5.74) is 5.59. The first-order valence-electron chi connectivity index (χ1n) is 3.81. The predicted molar refractivity (Wildman–Crippen MR) is 50.9 cm³/mol. The van der Waals surface area contributed by atoms with Crippen molar-refractivity contribution in [1.29, 1.82) is 0 Å². The number of nitrogen functional groups attached to an aromatic ring is 1. The number of carbonyl (C=O) groups is 1. The van der Waals surface area contributed by atoms with E-state index >= 15 is 0 Å². The number of nitro benzene ring substituents is 1. The fourth-order valence-corrected chi connectivity index (χ4v) is 1.02. The molecule has 0 radical (unpaired) electrons. The molecule has 1 amide bonds. The lowest BCUT2D eigenvalue weighted by atomic mass is 10.1. The topological polar surface area (TPSA) is 98.3 Å². The minimum Gasteiger partial charge on any atom is -0.399 e. The molecule has 0 heterocycles. The van der Waals surface area contributed by atoms with Gasteiger partial charge in [-0.25, -0.2) is 0 Å². The molecule has 0 spiro atoms. The number of nitro groups is 1. The van der Waals surface area contributed by atoms with Crippen molar-refractivity contribution < 1.29 is 9.72 Å². The monoisotopic (exact) mass is 195 g/mol.